The minimum absolute atomic E-state index is 0.0257. The van der Waals surface area contributed by atoms with E-state index in [-0.39, 0.29) is 47.8 Å². The molecule has 9 rings (SSSR count). The summed E-state index contributed by atoms with van der Waals surface area (Å²) in [6.45, 7) is 6.83. The number of carbonyl (C=O) groups excluding carboxylic acids is 1. The Bertz CT molecular complexity index is 2890. The zero-order chi connectivity index (χ0) is 48.0. The first kappa shape index (κ1) is 47.1. The molecule has 3 N–H and O–H groups in total. The van der Waals surface area contributed by atoms with E-state index in [1.807, 2.05) is 16.9 Å². The number of rotatable bonds is 12. The molecule has 0 bridgehead atoms. The number of nitro benzene ring substituents is 1. The number of sulfonamides is 1. The fourth-order valence-electron chi connectivity index (χ4n) is 9.15. The van der Waals surface area contributed by atoms with Crippen LogP contribution in [-0.2, 0) is 19.5 Å². The molecule has 5 aromatic rings. The van der Waals surface area contributed by atoms with E-state index >= 15 is 13.2 Å². The summed E-state index contributed by atoms with van der Waals surface area (Å²) in [5.41, 5.74) is 4.14. The first-order chi connectivity index (χ1) is 32.3. The highest BCUT2D eigenvalue weighted by molar-refractivity contribution is 7.90. The van der Waals surface area contributed by atoms with Crippen molar-refractivity contribution >= 4 is 72.6 Å². The van der Waals surface area contributed by atoms with Crippen LogP contribution in [0.5, 0.6) is 5.88 Å². The number of carbonyl (C=O) groups is 1. The van der Waals surface area contributed by atoms with Gasteiger partial charge in [-0.05, 0) is 90.4 Å². The van der Waals surface area contributed by atoms with Gasteiger partial charge in [0.25, 0.3) is 21.6 Å². The molecule has 2 fully saturated rings. The number of halogens is 4. The molecule has 0 spiro atoms. The number of fused-ring (bicyclic) bond motifs is 2. The highest BCUT2D eigenvalue weighted by Crippen LogP contribution is 2.45. The minimum Gasteiger partial charge on any atom is -0.412 e. The van der Waals surface area contributed by atoms with Gasteiger partial charge in [-0.2, -0.15) is 13.8 Å². The average Bonchev–Trinajstić information content (AvgIpc) is 3.71. The summed E-state index contributed by atoms with van der Waals surface area (Å²) in [4.78, 5) is 38.3. The largest absolute Gasteiger partial charge is 0.412 e. The van der Waals surface area contributed by atoms with E-state index in [1.165, 1.54) is 27.7 Å². The summed E-state index contributed by atoms with van der Waals surface area (Å²) in [6, 6.07) is 18.9. The minimum atomic E-state index is -4.82. The number of anilines is 4. The van der Waals surface area contributed by atoms with Crippen molar-refractivity contribution in [1.82, 2.24) is 19.6 Å². The van der Waals surface area contributed by atoms with Crippen LogP contribution in [0.3, 0.4) is 0 Å². The number of nitro groups is 1. The summed E-state index contributed by atoms with van der Waals surface area (Å²) in [6.07, 6.45) is 0.142. The summed E-state index contributed by atoms with van der Waals surface area (Å²) in [5.74, 6) is -3.81. The number of hydrogen-bond acceptors (Lipinski definition) is 13. The first-order valence-corrected chi connectivity index (χ1v) is 24.1. The normalized spacial score (nSPS) is 20.9. The van der Waals surface area contributed by atoms with E-state index in [4.69, 9.17) is 25.8 Å². The van der Waals surface area contributed by atoms with Crippen molar-refractivity contribution in [3.05, 3.63) is 111 Å². The van der Waals surface area contributed by atoms with E-state index in [9.17, 15) is 23.3 Å². The van der Waals surface area contributed by atoms with Gasteiger partial charge >= 0.3 is 6.11 Å². The van der Waals surface area contributed by atoms with Gasteiger partial charge in [-0.25, -0.2) is 17.5 Å². The molecule has 2 aromatic heterocycles. The third-order valence-electron chi connectivity index (χ3n) is 12.8. The molecule has 0 unspecified atom stereocenters. The van der Waals surface area contributed by atoms with Crippen LogP contribution < -0.4 is 24.6 Å². The number of piperazine rings is 1. The fourth-order valence-corrected chi connectivity index (χ4v) is 10.3. The molecule has 1 atom stereocenters. The third kappa shape index (κ3) is 10.2. The number of aromatic nitrogens is 2. The summed E-state index contributed by atoms with van der Waals surface area (Å²) in [7, 11) is -4.82. The van der Waals surface area contributed by atoms with Crippen LogP contribution >= 0.6 is 11.6 Å². The zero-order valence-electron chi connectivity index (χ0n) is 37.3. The Morgan fingerprint density at radius 2 is 1.74 bits per heavy atom. The third-order valence-corrected chi connectivity index (χ3v) is 14.4. The predicted molar refractivity (Wildman–Crippen MR) is 251 cm³/mol. The Labute approximate surface area is 395 Å². The second kappa shape index (κ2) is 18.5. The molecule has 16 nitrogen and oxygen atoms in total. The topological polar surface area (TPSA) is 185 Å². The second-order valence-electron chi connectivity index (χ2n) is 18.3. The van der Waals surface area contributed by atoms with Crippen molar-refractivity contribution in [2.75, 3.05) is 80.8 Å². The maximum absolute atomic E-state index is 15.3. The second-order valence-corrected chi connectivity index (χ2v) is 20.4. The highest BCUT2D eigenvalue weighted by atomic mass is 35.5. The van der Waals surface area contributed by atoms with Gasteiger partial charge in [0, 0.05) is 67.6 Å². The smallest absolute Gasteiger partial charge is 0.400 e. The Kier molecular flexibility index (Phi) is 12.8. The molecule has 3 aliphatic heterocycles. The van der Waals surface area contributed by atoms with E-state index in [2.05, 4.69) is 51.1 Å². The Balaban J connectivity index is 1.01. The number of ether oxygens (including phenoxy) is 3. The molecule has 21 heteroatoms. The number of amides is 1. The maximum atomic E-state index is 15.3. The summed E-state index contributed by atoms with van der Waals surface area (Å²) >= 11 is 6.24. The average molecular weight is 979 g/mol. The lowest BCUT2D eigenvalue weighted by Crippen LogP contribution is -2.47. The molecule has 0 saturated carbocycles. The standard InChI is InChI=1S/C47H50ClF3N8O8S/c1-45(2)13-11-32(37(26-45)30-3-5-33(48)6-4-30)27-56-17-19-57(20-18-56)34-7-9-36(39(24-34)58-16-14-47(50,51)67-44-41(58)23-31-12-15-52-42(31)54-44)43(60)55-68(63,64)35-8-10-38(40(25-35)59(61)62)53-28-46(49)29-65-21-22-66-46/h3-10,12,15,23-25,53H,11,13-14,16-22,26-29H2,1-2H3,(H,52,54)(H,55,60)/t46-/m0/s1. The number of hydrogen-bond donors (Lipinski definition) is 3. The van der Waals surface area contributed by atoms with Crippen LogP contribution in [0.2, 0.25) is 5.02 Å². The van der Waals surface area contributed by atoms with Crippen LogP contribution in [0.25, 0.3) is 16.6 Å². The van der Waals surface area contributed by atoms with Gasteiger partial charge in [0.15, 0.2) is 0 Å². The lowest BCUT2D eigenvalue weighted by Gasteiger charge is -2.39. The number of aromatic amines is 1. The van der Waals surface area contributed by atoms with Crippen molar-refractivity contribution in [3.63, 3.8) is 0 Å². The zero-order valence-corrected chi connectivity index (χ0v) is 38.9. The fraction of sp³-hybridized carbons (Fsp3) is 0.404. The van der Waals surface area contributed by atoms with E-state index in [1.54, 1.807) is 30.5 Å². The van der Waals surface area contributed by atoms with Crippen molar-refractivity contribution in [2.24, 2.45) is 5.41 Å². The van der Waals surface area contributed by atoms with Gasteiger partial charge in [-0.1, -0.05) is 43.2 Å². The van der Waals surface area contributed by atoms with Gasteiger partial charge < -0.3 is 34.3 Å². The number of H-pyrrole nitrogens is 1. The highest BCUT2D eigenvalue weighted by Gasteiger charge is 2.40. The lowest BCUT2D eigenvalue weighted by molar-refractivity contribution is -0.384. The van der Waals surface area contributed by atoms with Crippen LogP contribution in [0, 0.1) is 15.5 Å². The molecular formula is C47H50ClF3N8O8S. The van der Waals surface area contributed by atoms with Crippen LogP contribution in [0.1, 0.15) is 55.5 Å². The Morgan fingerprint density at radius 1 is 0.956 bits per heavy atom. The maximum Gasteiger partial charge on any atom is 0.400 e. The number of nitrogens with zero attached hydrogens (tertiary/aromatic N) is 5. The molecule has 4 aliphatic rings. The van der Waals surface area contributed by atoms with Gasteiger partial charge in [-0.15, -0.1) is 0 Å². The summed E-state index contributed by atoms with van der Waals surface area (Å²) in [5, 5.41) is 16.0. The van der Waals surface area contributed by atoms with Crippen LogP contribution in [0.4, 0.5) is 41.6 Å². The van der Waals surface area contributed by atoms with E-state index < -0.39 is 68.9 Å². The molecule has 3 aromatic carbocycles. The molecule has 0 radical (unpaired) electrons. The molecule has 2 saturated heterocycles. The predicted octanol–water partition coefficient (Wildman–Crippen LogP) is 8.67. The van der Waals surface area contributed by atoms with Gasteiger partial charge in [0.05, 0.1) is 47.2 Å². The Hall–Kier alpha value is -5.93. The monoisotopic (exact) mass is 978 g/mol. The Morgan fingerprint density at radius 3 is 2.47 bits per heavy atom. The molecule has 68 heavy (non-hydrogen) atoms. The molecule has 1 aliphatic carbocycles. The van der Waals surface area contributed by atoms with Crippen molar-refractivity contribution in [2.45, 2.75) is 56.4 Å². The van der Waals surface area contributed by atoms with Crippen molar-refractivity contribution in [3.8, 4) is 5.88 Å². The number of alkyl halides is 3. The van der Waals surface area contributed by atoms with Gasteiger partial charge in [-0.3, -0.25) is 19.8 Å². The summed E-state index contributed by atoms with van der Waals surface area (Å²) < 4.78 is 90.9. The van der Waals surface area contributed by atoms with E-state index in [0.717, 1.165) is 44.0 Å². The van der Waals surface area contributed by atoms with Gasteiger partial charge in [0.1, 0.15) is 23.6 Å². The van der Waals surface area contributed by atoms with Crippen molar-refractivity contribution in [1.29, 1.82) is 0 Å². The quantitative estimate of drug-likeness (QED) is 0.0798. The first-order valence-electron chi connectivity index (χ1n) is 22.3. The lowest BCUT2D eigenvalue weighted by atomic mass is 9.72. The van der Waals surface area contributed by atoms with Gasteiger partial charge in [0.2, 0.25) is 11.7 Å². The SMILES string of the molecule is CC1(C)CCC(CN2CCN(c3ccc(C(=O)NS(=O)(=O)c4ccc(NC[C@@]5(F)COCCO5)c([N+](=O)[O-])c4)c(N4CCC(F)(F)Oc5nc6[nH]ccc6cc54)c3)CC2)=C(c2ccc(Cl)cc2)C1. The molecule has 5 heterocycles. The van der Waals surface area contributed by atoms with Crippen molar-refractivity contribution < 1.29 is 45.5 Å². The number of pyridine rings is 1. The number of allylic oxidation sites excluding steroid dienone is 1. The number of nitrogens with one attached hydrogen (secondary N) is 3. The molecular weight excluding hydrogens is 929 g/mol. The number of benzene rings is 3. The van der Waals surface area contributed by atoms with E-state index in [0.29, 0.717) is 47.9 Å². The van der Waals surface area contributed by atoms with Crippen LogP contribution in [0.15, 0.2) is 89.5 Å². The molecule has 360 valence electrons. The molecule has 1 amide bonds. The van der Waals surface area contributed by atoms with Crippen LogP contribution in [-0.4, -0.2) is 112 Å².